The van der Waals surface area contributed by atoms with Gasteiger partial charge in [-0.25, -0.2) is 16.8 Å². The van der Waals surface area contributed by atoms with Gasteiger partial charge >= 0.3 is 5.97 Å². The highest BCUT2D eigenvalue weighted by Gasteiger charge is 2.35. The van der Waals surface area contributed by atoms with Gasteiger partial charge in [0.15, 0.2) is 0 Å². The van der Waals surface area contributed by atoms with Crippen LogP contribution in [0.2, 0.25) is 0 Å². The number of aryl methyl sites for hydroxylation is 1. The van der Waals surface area contributed by atoms with E-state index in [-0.39, 0.29) is 18.5 Å². The zero-order valence-electron chi connectivity index (χ0n) is 26.2. The van der Waals surface area contributed by atoms with Crippen molar-refractivity contribution >= 4 is 37.8 Å². The third kappa shape index (κ3) is 10.7. The molecule has 0 saturated carbocycles. The van der Waals surface area contributed by atoms with E-state index in [0.717, 1.165) is 30.6 Å². The minimum atomic E-state index is -4.45. The standard InChI is InChI=1S/C36H39NO8S2/c1-44-34-21-17-29(18-22-34)12-6-2-3-11-25-45-35-23-20-33(26-32(35)19-24-36(38)39)37(46(40,41)27-30-13-7-4-8-14-30)47(42,43)28-31-15-9-5-10-16-31/h4-10,12-18,20-23,26H,2-3,11,19,24-25,27-28H2,1H3,(H,38,39)/b12-6+. The summed E-state index contributed by atoms with van der Waals surface area (Å²) >= 11 is 0. The fourth-order valence-electron chi connectivity index (χ4n) is 4.92. The van der Waals surface area contributed by atoms with Crippen LogP contribution < -0.4 is 13.2 Å². The second-order valence-corrected chi connectivity index (χ2v) is 14.8. The van der Waals surface area contributed by atoms with Crippen molar-refractivity contribution in [3.8, 4) is 11.5 Å². The molecule has 4 aromatic carbocycles. The first-order valence-electron chi connectivity index (χ1n) is 15.2. The molecule has 0 bridgehead atoms. The molecular weight excluding hydrogens is 639 g/mol. The van der Waals surface area contributed by atoms with E-state index >= 15 is 0 Å². The average molecular weight is 678 g/mol. The normalized spacial score (nSPS) is 11.8. The second kappa shape index (κ2) is 16.8. The van der Waals surface area contributed by atoms with Gasteiger partial charge in [0.25, 0.3) is 20.0 Å². The highest BCUT2D eigenvalue weighted by Crippen LogP contribution is 2.32. The van der Waals surface area contributed by atoms with E-state index < -0.39 is 37.5 Å². The number of anilines is 1. The van der Waals surface area contributed by atoms with Crippen molar-refractivity contribution < 1.29 is 36.2 Å². The summed E-state index contributed by atoms with van der Waals surface area (Å²) in [7, 11) is -7.26. The Morgan fingerprint density at radius 2 is 1.38 bits per heavy atom. The van der Waals surface area contributed by atoms with Crippen molar-refractivity contribution in [1.29, 1.82) is 0 Å². The third-order valence-corrected chi connectivity index (χ3v) is 11.4. The van der Waals surface area contributed by atoms with Crippen LogP contribution in [0.5, 0.6) is 11.5 Å². The molecule has 0 saturated heterocycles. The van der Waals surface area contributed by atoms with Crippen molar-refractivity contribution in [2.45, 2.75) is 43.6 Å². The van der Waals surface area contributed by atoms with Gasteiger partial charge in [-0.3, -0.25) is 4.79 Å². The number of unbranched alkanes of at least 4 members (excludes halogenated alkanes) is 2. The highest BCUT2D eigenvalue weighted by atomic mass is 32.3. The van der Waals surface area contributed by atoms with Crippen LogP contribution in [0.4, 0.5) is 5.69 Å². The Labute approximate surface area is 277 Å². The lowest BCUT2D eigenvalue weighted by atomic mass is 10.1. The Bertz CT molecular complexity index is 1770. The number of benzene rings is 4. The van der Waals surface area contributed by atoms with Crippen LogP contribution in [0, 0.1) is 0 Å². The minimum absolute atomic E-state index is 0.0222. The number of hydrogen-bond donors (Lipinski definition) is 1. The van der Waals surface area contributed by atoms with E-state index in [4.69, 9.17) is 9.47 Å². The lowest BCUT2D eigenvalue weighted by Crippen LogP contribution is -2.38. The van der Waals surface area contributed by atoms with Crippen molar-refractivity contribution in [3.63, 3.8) is 0 Å². The molecule has 0 aromatic heterocycles. The van der Waals surface area contributed by atoms with Crippen LogP contribution in [-0.2, 0) is 42.8 Å². The van der Waals surface area contributed by atoms with Crippen LogP contribution in [-0.4, -0.2) is 41.6 Å². The van der Waals surface area contributed by atoms with Crippen LogP contribution in [0.3, 0.4) is 0 Å². The van der Waals surface area contributed by atoms with Gasteiger partial charge in [0.1, 0.15) is 11.5 Å². The smallest absolute Gasteiger partial charge is 0.303 e. The zero-order chi connectivity index (χ0) is 33.7. The van der Waals surface area contributed by atoms with Gasteiger partial charge in [-0.1, -0.05) is 84.9 Å². The number of sulfonamides is 2. The molecule has 47 heavy (non-hydrogen) atoms. The molecule has 0 aliphatic rings. The Hall–Kier alpha value is -4.61. The number of methoxy groups -OCH3 is 1. The van der Waals surface area contributed by atoms with Crippen LogP contribution in [0.1, 0.15) is 47.9 Å². The molecule has 1 N–H and O–H groups in total. The summed E-state index contributed by atoms with van der Waals surface area (Å²) in [4.78, 5) is 11.5. The lowest BCUT2D eigenvalue weighted by Gasteiger charge is -2.25. The first kappa shape index (κ1) is 35.2. The number of rotatable bonds is 18. The van der Waals surface area contributed by atoms with E-state index in [1.807, 2.05) is 30.3 Å². The summed E-state index contributed by atoms with van der Waals surface area (Å²) in [5.41, 5.74) is 2.22. The summed E-state index contributed by atoms with van der Waals surface area (Å²) in [6.45, 7) is 0.345. The number of carbonyl (C=O) groups is 1. The topological polar surface area (TPSA) is 127 Å². The molecule has 0 aliphatic heterocycles. The lowest BCUT2D eigenvalue weighted by molar-refractivity contribution is -0.136. The number of nitrogens with zero attached hydrogens (tertiary/aromatic N) is 1. The Morgan fingerprint density at radius 1 is 0.787 bits per heavy atom. The number of allylic oxidation sites excluding steroid dienone is 1. The predicted octanol–water partition coefficient (Wildman–Crippen LogP) is 6.84. The van der Waals surface area contributed by atoms with Crippen LogP contribution >= 0.6 is 0 Å². The van der Waals surface area contributed by atoms with Crippen LogP contribution in [0.15, 0.2) is 109 Å². The van der Waals surface area contributed by atoms with Crippen molar-refractivity contribution in [1.82, 2.24) is 0 Å². The van der Waals surface area contributed by atoms with E-state index in [2.05, 4.69) is 6.08 Å². The minimum Gasteiger partial charge on any atom is -0.497 e. The summed E-state index contributed by atoms with van der Waals surface area (Å²) in [5, 5.41) is 9.38. The molecule has 4 rings (SSSR count). The molecule has 0 atom stereocenters. The van der Waals surface area contributed by atoms with Gasteiger partial charge in [-0.2, -0.15) is 3.71 Å². The predicted molar refractivity (Wildman–Crippen MR) is 184 cm³/mol. The van der Waals surface area contributed by atoms with E-state index in [1.165, 1.54) is 18.2 Å². The highest BCUT2D eigenvalue weighted by molar-refractivity contribution is 8.09. The SMILES string of the molecule is COc1ccc(/C=C/CCCCOc2ccc(N(S(=O)(=O)Cc3ccccc3)S(=O)(=O)Cc3ccccc3)cc2CCC(=O)O)cc1. The number of carboxylic acids is 1. The van der Waals surface area contributed by atoms with Gasteiger partial charge in [-0.05, 0) is 78.3 Å². The fraction of sp³-hybridized carbons (Fsp3) is 0.250. The Balaban J connectivity index is 1.53. The molecule has 248 valence electrons. The molecule has 9 nitrogen and oxygen atoms in total. The van der Waals surface area contributed by atoms with Gasteiger partial charge in [-0.15, -0.1) is 0 Å². The molecule has 0 radical (unpaired) electrons. The summed E-state index contributed by atoms with van der Waals surface area (Å²) < 4.78 is 67.0. The molecule has 0 heterocycles. The second-order valence-electron chi connectivity index (χ2n) is 10.9. The molecule has 0 fully saturated rings. The zero-order valence-corrected chi connectivity index (χ0v) is 27.8. The molecule has 0 amide bonds. The first-order valence-corrected chi connectivity index (χ1v) is 18.4. The Kier molecular flexibility index (Phi) is 12.6. The Morgan fingerprint density at radius 3 is 1.94 bits per heavy atom. The summed E-state index contributed by atoms with van der Waals surface area (Å²) in [6.07, 6.45) is 6.28. The quantitative estimate of drug-likeness (QED) is 0.113. The third-order valence-electron chi connectivity index (χ3n) is 7.20. The van der Waals surface area contributed by atoms with E-state index in [1.54, 1.807) is 67.8 Å². The van der Waals surface area contributed by atoms with Crippen molar-refractivity contribution in [2.75, 3.05) is 17.4 Å². The van der Waals surface area contributed by atoms with E-state index in [0.29, 0.717) is 32.8 Å². The average Bonchev–Trinajstić information content (AvgIpc) is 3.04. The summed E-state index contributed by atoms with van der Waals surface area (Å²) in [5.74, 6) is -0.958. The fourth-order valence-corrected chi connectivity index (χ4v) is 8.95. The monoisotopic (exact) mass is 677 g/mol. The number of carboxylic acid groups (broad SMARTS) is 1. The molecular formula is C36H39NO8S2. The maximum Gasteiger partial charge on any atom is 0.303 e. The van der Waals surface area contributed by atoms with Crippen LogP contribution in [0.25, 0.3) is 6.08 Å². The number of hydrogen-bond acceptors (Lipinski definition) is 7. The van der Waals surface area contributed by atoms with E-state index in [9.17, 15) is 26.7 Å². The first-order chi connectivity index (χ1) is 22.6. The van der Waals surface area contributed by atoms with Crippen molar-refractivity contribution in [2.24, 2.45) is 0 Å². The molecule has 4 aromatic rings. The van der Waals surface area contributed by atoms with Gasteiger partial charge in [0.05, 0.1) is 30.9 Å². The van der Waals surface area contributed by atoms with Crippen molar-refractivity contribution in [3.05, 3.63) is 131 Å². The summed E-state index contributed by atoms with van der Waals surface area (Å²) in [6, 6.07) is 28.7. The molecule has 0 spiro atoms. The van der Waals surface area contributed by atoms with Gasteiger partial charge in [0.2, 0.25) is 0 Å². The largest absolute Gasteiger partial charge is 0.497 e. The maximum atomic E-state index is 13.8. The molecule has 0 aliphatic carbocycles. The number of ether oxygens (including phenoxy) is 2. The van der Waals surface area contributed by atoms with Gasteiger partial charge in [0, 0.05) is 6.42 Å². The molecule has 0 unspecified atom stereocenters. The number of aliphatic carboxylic acids is 1. The molecule has 11 heteroatoms. The van der Waals surface area contributed by atoms with Gasteiger partial charge < -0.3 is 14.6 Å². The maximum absolute atomic E-state index is 13.8.